The second-order valence-corrected chi connectivity index (χ2v) is 10.6. The standard InChI is InChI=1S/C10H18O2Si/c1-13(2,3)9-5-4-7-8(9)6-12-10(7)11/h4-5,7-11H,6H2,1-3H3/t7-,8-,9-,10?/m1/s1. The fraction of sp³-hybridized carbons (Fsp3) is 0.800. The van der Waals surface area contributed by atoms with Crippen LogP contribution in [0.1, 0.15) is 0 Å². The Labute approximate surface area is 80.6 Å². The molecule has 1 unspecified atom stereocenters. The average Bonchev–Trinajstić information content (AvgIpc) is 2.51. The number of fused-ring (bicyclic) bond motifs is 1. The van der Waals surface area contributed by atoms with Crippen molar-refractivity contribution in [2.75, 3.05) is 6.61 Å². The topological polar surface area (TPSA) is 29.5 Å². The summed E-state index contributed by atoms with van der Waals surface area (Å²) in [5.41, 5.74) is 0.689. The van der Waals surface area contributed by atoms with Gasteiger partial charge in [0, 0.05) is 5.92 Å². The minimum atomic E-state index is -1.12. The van der Waals surface area contributed by atoms with Crippen molar-refractivity contribution in [2.24, 2.45) is 11.8 Å². The van der Waals surface area contributed by atoms with Gasteiger partial charge in [0.2, 0.25) is 0 Å². The lowest BCUT2D eigenvalue weighted by molar-refractivity contribution is -0.0735. The van der Waals surface area contributed by atoms with Gasteiger partial charge in [-0.2, -0.15) is 0 Å². The van der Waals surface area contributed by atoms with E-state index < -0.39 is 14.4 Å². The maximum absolute atomic E-state index is 9.52. The van der Waals surface area contributed by atoms with E-state index in [1.807, 2.05) is 0 Å². The molecule has 2 aliphatic rings. The Bertz CT molecular complexity index is 232. The van der Waals surface area contributed by atoms with Gasteiger partial charge < -0.3 is 9.84 Å². The molecule has 0 saturated carbocycles. The van der Waals surface area contributed by atoms with Crippen molar-refractivity contribution in [1.29, 1.82) is 0 Å². The first-order valence-electron chi connectivity index (χ1n) is 4.98. The zero-order valence-electron chi connectivity index (χ0n) is 8.53. The summed E-state index contributed by atoms with van der Waals surface area (Å²) in [4.78, 5) is 0. The van der Waals surface area contributed by atoms with Crippen LogP contribution in [-0.2, 0) is 4.74 Å². The molecule has 0 aromatic heterocycles. The van der Waals surface area contributed by atoms with E-state index in [2.05, 4.69) is 31.8 Å². The molecule has 1 aliphatic heterocycles. The summed E-state index contributed by atoms with van der Waals surface area (Å²) in [5.74, 6) is 0.832. The summed E-state index contributed by atoms with van der Waals surface area (Å²) < 4.78 is 5.27. The molecule has 0 bridgehead atoms. The van der Waals surface area contributed by atoms with Gasteiger partial charge in [-0.15, -0.1) is 0 Å². The molecule has 3 heteroatoms. The Morgan fingerprint density at radius 3 is 2.62 bits per heavy atom. The minimum Gasteiger partial charge on any atom is -0.367 e. The largest absolute Gasteiger partial charge is 0.367 e. The van der Waals surface area contributed by atoms with E-state index in [0.29, 0.717) is 11.5 Å². The van der Waals surface area contributed by atoms with E-state index >= 15 is 0 Å². The molecule has 1 heterocycles. The lowest BCUT2D eigenvalue weighted by Gasteiger charge is -2.28. The fourth-order valence-corrected chi connectivity index (χ4v) is 4.84. The van der Waals surface area contributed by atoms with Crippen molar-refractivity contribution in [1.82, 2.24) is 0 Å². The Kier molecular flexibility index (Phi) is 2.13. The second kappa shape index (κ2) is 2.94. The van der Waals surface area contributed by atoms with Crippen LogP contribution in [0.25, 0.3) is 0 Å². The van der Waals surface area contributed by atoms with Crippen molar-refractivity contribution in [3.63, 3.8) is 0 Å². The molecule has 1 fully saturated rings. The normalized spacial score (nSPS) is 44.0. The highest BCUT2D eigenvalue weighted by atomic mass is 28.3. The number of allylic oxidation sites excluding steroid dienone is 1. The molecule has 1 saturated heterocycles. The first-order chi connectivity index (χ1) is 6.00. The molecule has 13 heavy (non-hydrogen) atoms. The molecule has 2 nitrogen and oxygen atoms in total. The third-order valence-electron chi connectivity index (χ3n) is 3.29. The Morgan fingerprint density at radius 1 is 1.31 bits per heavy atom. The molecule has 74 valence electrons. The van der Waals surface area contributed by atoms with Crippen molar-refractivity contribution in [3.8, 4) is 0 Å². The highest BCUT2D eigenvalue weighted by Gasteiger charge is 2.46. The van der Waals surface area contributed by atoms with E-state index in [-0.39, 0.29) is 5.92 Å². The van der Waals surface area contributed by atoms with Crippen molar-refractivity contribution in [2.45, 2.75) is 31.5 Å². The van der Waals surface area contributed by atoms with Crippen molar-refractivity contribution >= 4 is 8.07 Å². The zero-order valence-corrected chi connectivity index (χ0v) is 9.53. The molecule has 4 atom stereocenters. The SMILES string of the molecule is C[Si](C)(C)[C@@H]1C=C[C@H]2C(O)OC[C@@H]12. The summed E-state index contributed by atoms with van der Waals surface area (Å²) in [5, 5.41) is 9.52. The summed E-state index contributed by atoms with van der Waals surface area (Å²) in [6.45, 7) is 7.90. The Balaban J connectivity index is 2.16. The minimum absolute atomic E-state index is 0.275. The Morgan fingerprint density at radius 2 is 2.00 bits per heavy atom. The number of rotatable bonds is 1. The Hall–Kier alpha value is -0.123. The van der Waals surface area contributed by atoms with Crippen LogP contribution in [0.4, 0.5) is 0 Å². The zero-order chi connectivity index (χ0) is 9.64. The molecular weight excluding hydrogens is 180 g/mol. The third kappa shape index (κ3) is 1.49. The molecule has 0 spiro atoms. The van der Waals surface area contributed by atoms with Crippen molar-refractivity contribution in [3.05, 3.63) is 12.2 Å². The third-order valence-corrected chi connectivity index (χ3v) is 5.91. The van der Waals surface area contributed by atoms with Gasteiger partial charge >= 0.3 is 0 Å². The monoisotopic (exact) mass is 198 g/mol. The highest BCUT2D eigenvalue weighted by Crippen LogP contribution is 2.46. The molecule has 0 amide bonds. The second-order valence-electron chi connectivity index (χ2n) is 5.24. The van der Waals surface area contributed by atoms with E-state index in [0.717, 1.165) is 6.61 Å². The van der Waals surface area contributed by atoms with Crippen LogP contribution in [0, 0.1) is 11.8 Å². The van der Waals surface area contributed by atoms with Gasteiger partial charge in [0.1, 0.15) is 0 Å². The first kappa shape index (κ1) is 9.43. The molecule has 0 aromatic carbocycles. The van der Waals surface area contributed by atoms with E-state index in [9.17, 15) is 5.11 Å². The predicted molar refractivity (Wildman–Crippen MR) is 55.2 cm³/mol. The van der Waals surface area contributed by atoms with Gasteiger partial charge in [-0.25, -0.2) is 0 Å². The number of hydrogen-bond acceptors (Lipinski definition) is 2. The van der Waals surface area contributed by atoms with Crippen LogP contribution < -0.4 is 0 Å². The van der Waals surface area contributed by atoms with Crippen LogP contribution >= 0.6 is 0 Å². The maximum atomic E-state index is 9.52. The van der Waals surface area contributed by atoms with Gasteiger partial charge in [0.25, 0.3) is 0 Å². The first-order valence-corrected chi connectivity index (χ1v) is 8.56. The lowest BCUT2D eigenvalue weighted by Crippen LogP contribution is -2.32. The molecule has 0 radical (unpaired) electrons. The molecule has 0 aromatic rings. The molecule has 1 N–H and O–H groups in total. The quantitative estimate of drug-likeness (QED) is 0.514. The van der Waals surface area contributed by atoms with Gasteiger partial charge in [0.05, 0.1) is 14.7 Å². The van der Waals surface area contributed by atoms with Crippen LogP contribution in [-0.4, -0.2) is 26.1 Å². The maximum Gasteiger partial charge on any atom is 0.161 e. The van der Waals surface area contributed by atoms with Gasteiger partial charge in [0.15, 0.2) is 6.29 Å². The fourth-order valence-electron chi connectivity index (χ4n) is 2.55. The van der Waals surface area contributed by atoms with Crippen molar-refractivity contribution < 1.29 is 9.84 Å². The van der Waals surface area contributed by atoms with Gasteiger partial charge in [-0.05, 0) is 11.5 Å². The summed E-state index contributed by atoms with van der Waals surface area (Å²) >= 11 is 0. The van der Waals surface area contributed by atoms with Gasteiger partial charge in [-0.3, -0.25) is 0 Å². The number of aliphatic hydroxyl groups is 1. The van der Waals surface area contributed by atoms with Crippen LogP contribution in [0.5, 0.6) is 0 Å². The van der Waals surface area contributed by atoms with Crippen LogP contribution in [0.3, 0.4) is 0 Å². The summed E-state index contributed by atoms with van der Waals surface area (Å²) in [6, 6.07) is 0. The number of hydrogen-bond donors (Lipinski definition) is 1. The molecule has 2 rings (SSSR count). The van der Waals surface area contributed by atoms with E-state index in [1.54, 1.807) is 0 Å². The van der Waals surface area contributed by atoms with E-state index in [1.165, 1.54) is 0 Å². The van der Waals surface area contributed by atoms with Gasteiger partial charge in [-0.1, -0.05) is 31.8 Å². The molecular formula is C10H18O2Si. The summed E-state index contributed by atoms with van der Waals surface area (Å²) in [6.07, 6.45) is 3.93. The van der Waals surface area contributed by atoms with Crippen LogP contribution in [0.2, 0.25) is 25.2 Å². The number of ether oxygens (including phenoxy) is 1. The smallest absolute Gasteiger partial charge is 0.161 e. The molecule has 1 aliphatic carbocycles. The average molecular weight is 198 g/mol. The highest BCUT2D eigenvalue weighted by molar-refractivity contribution is 6.78. The number of aliphatic hydroxyl groups excluding tert-OH is 1. The predicted octanol–water partition coefficient (Wildman–Crippen LogP) is 1.85. The lowest BCUT2D eigenvalue weighted by atomic mass is 9.98. The summed E-state index contributed by atoms with van der Waals surface area (Å²) in [7, 11) is -1.12. The van der Waals surface area contributed by atoms with Crippen LogP contribution in [0.15, 0.2) is 12.2 Å². The van der Waals surface area contributed by atoms with E-state index in [4.69, 9.17) is 4.74 Å².